The van der Waals surface area contributed by atoms with Crippen LogP contribution < -0.4 is 16.1 Å². The van der Waals surface area contributed by atoms with Crippen LogP contribution in [0, 0.1) is 17.8 Å². The third kappa shape index (κ3) is 1.98. The van der Waals surface area contributed by atoms with Gasteiger partial charge in [-0.1, -0.05) is 31.5 Å². The van der Waals surface area contributed by atoms with E-state index >= 15 is 0 Å². The van der Waals surface area contributed by atoms with Crippen LogP contribution in [0.2, 0.25) is 0 Å². The van der Waals surface area contributed by atoms with Crippen molar-refractivity contribution in [1.82, 2.24) is 14.0 Å². The van der Waals surface area contributed by atoms with Crippen molar-refractivity contribution in [2.75, 3.05) is 11.9 Å². The number of para-hydroxylation sites is 1. The van der Waals surface area contributed by atoms with Crippen molar-refractivity contribution in [2.45, 2.75) is 61.9 Å². The molecule has 4 saturated heterocycles. The highest BCUT2D eigenvalue weighted by Crippen LogP contribution is 2.71. The van der Waals surface area contributed by atoms with Gasteiger partial charge >= 0.3 is 5.69 Å². The zero-order valence-corrected chi connectivity index (χ0v) is 20.0. The summed E-state index contributed by atoms with van der Waals surface area (Å²) in [7, 11) is 5.15. The van der Waals surface area contributed by atoms with Gasteiger partial charge in [0.2, 0.25) is 5.88 Å². The summed E-state index contributed by atoms with van der Waals surface area (Å²) in [4.78, 5) is 30.8. The molecule has 1 aliphatic carbocycles. The number of aliphatic hydroxyl groups excluding tert-OH is 1. The normalized spacial score (nSPS) is 42.9. The molecule has 1 spiro atoms. The lowest BCUT2D eigenvalue weighted by atomic mass is 9.59. The molecular formula is C26H32N4O4. The number of piperidine rings is 4. The van der Waals surface area contributed by atoms with Crippen LogP contribution in [0.3, 0.4) is 0 Å². The Labute approximate surface area is 198 Å². The lowest BCUT2D eigenvalue weighted by molar-refractivity contribution is -0.143. The zero-order valence-electron chi connectivity index (χ0n) is 20.0. The van der Waals surface area contributed by atoms with E-state index in [2.05, 4.69) is 48.0 Å². The second-order valence-corrected chi connectivity index (χ2v) is 11.3. The quantitative estimate of drug-likeness (QED) is 0.691. The average Bonchev–Trinajstić information content (AvgIpc) is 3.23. The summed E-state index contributed by atoms with van der Waals surface area (Å²) >= 11 is 0. The van der Waals surface area contributed by atoms with E-state index in [1.165, 1.54) is 29.9 Å². The van der Waals surface area contributed by atoms with Gasteiger partial charge < -0.3 is 15.1 Å². The molecule has 1 saturated carbocycles. The van der Waals surface area contributed by atoms with Gasteiger partial charge in [-0.3, -0.25) is 18.8 Å². The Kier molecular flexibility index (Phi) is 3.87. The molecule has 0 radical (unpaired) electrons. The van der Waals surface area contributed by atoms with Gasteiger partial charge in [0.05, 0.1) is 17.7 Å². The minimum absolute atomic E-state index is 0.116. The fraction of sp³-hybridized carbons (Fsp3) is 0.615. The average molecular weight is 465 g/mol. The van der Waals surface area contributed by atoms with Gasteiger partial charge in [0, 0.05) is 56.3 Å². The predicted molar refractivity (Wildman–Crippen MR) is 127 cm³/mol. The van der Waals surface area contributed by atoms with Gasteiger partial charge in [-0.25, -0.2) is 4.79 Å². The van der Waals surface area contributed by atoms with Crippen molar-refractivity contribution in [3.8, 4) is 5.88 Å². The maximum atomic E-state index is 13.4. The third-order valence-corrected chi connectivity index (χ3v) is 10.5. The number of rotatable bonds is 2. The zero-order chi connectivity index (χ0) is 23.8. The molecule has 1 unspecified atom stereocenters. The molecule has 6 heterocycles. The van der Waals surface area contributed by atoms with Crippen molar-refractivity contribution in [3.63, 3.8) is 0 Å². The Morgan fingerprint density at radius 1 is 1.09 bits per heavy atom. The van der Waals surface area contributed by atoms with Crippen LogP contribution in [0.25, 0.3) is 0 Å². The van der Waals surface area contributed by atoms with Crippen LogP contribution in [0.5, 0.6) is 5.88 Å². The van der Waals surface area contributed by atoms with Gasteiger partial charge in [-0.15, -0.1) is 0 Å². The Morgan fingerprint density at radius 2 is 1.82 bits per heavy atom. The minimum atomic E-state index is -0.516. The van der Waals surface area contributed by atoms with Crippen molar-refractivity contribution in [3.05, 3.63) is 56.2 Å². The molecule has 8 nitrogen and oxygen atoms in total. The number of anilines is 1. The number of benzene rings is 1. The van der Waals surface area contributed by atoms with Crippen LogP contribution in [0.15, 0.2) is 33.9 Å². The van der Waals surface area contributed by atoms with E-state index < -0.39 is 17.4 Å². The molecule has 34 heavy (non-hydrogen) atoms. The van der Waals surface area contributed by atoms with Gasteiger partial charge in [0.15, 0.2) is 0 Å². The number of fused-ring (bicyclic) bond motifs is 2. The summed E-state index contributed by atoms with van der Waals surface area (Å²) in [5, 5.41) is 23.1. The van der Waals surface area contributed by atoms with Crippen LogP contribution in [0.4, 0.5) is 5.69 Å². The Hall–Kier alpha value is -2.58. The first-order valence-electron chi connectivity index (χ1n) is 12.5. The smallest absolute Gasteiger partial charge is 0.333 e. The van der Waals surface area contributed by atoms with Crippen molar-refractivity contribution in [1.29, 1.82) is 0 Å². The standard InChI is InChI=1S/C26H32N4O4/c1-5-12-13-10-16-21-26(14-8-6-7-9-15(14)27(21)2)11-17(18(13)22(26)31)30(16)20(12)19-23(32)28(3)25(34)29(4)24(19)33/h6-9,12-13,16-18,20-22,31-32H,5,10-11H2,1-4H3/t12-,13+,16-,17+,18-,20+,21+,22-,26-/m1/s1. The molecule has 8 heteroatoms. The highest BCUT2D eigenvalue weighted by Gasteiger charge is 2.76. The molecule has 0 amide bonds. The lowest BCUT2D eigenvalue weighted by Gasteiger charge is -2.64. The van der Waals surface area contributed by atoms with Gasteiger partial charge in [-0.2, -0.15) is 0 Å². The van der Waals surface area contributed by atoms with Crippen LogP contribution >= 0.6 is 0 Å². The van der Waals surface area contributed by atoms with E-state index in [1.54, 1.807) is 0 Å². The van der Waals surface area contributed by atoms with E-state index in [0.717, 1.165) is 23.8 Å². The molecule has 2 N–H and O–H groups in total. The van der Waals surface area contributed by atoms with Crippen molar-refractivity contribution in [2.24, 2.45) is 31.8 Å². The van der Waals surface area contributed by atoms with E-state index in [-0.39, 0.29) is 53.2 Å². The molecular weight excluding hydrogens is 432 g/mol. The number of aromatic hydroxyl groups is 1. The number of nitrogens with zero attached hydrogens (tertiary/aromatic N) is 4. The topological polar surface area (TPSA) is 90.9 Å². The third-order valence-electron chi connectivity index (χ3n) is 10.5. The molecule has 8 rings (SSSR count). The van der Waals surface area contributed by atoms with Crippen molar-refractivity contribution < 1.29 is 10.2 Å². The maximum absolute atomic E-state index is 13.4. The van der Waals surface area contributed by atoms with Crippen LogP contribution in [0.1, 0.15) is 43.4 Å². The summed E-state index contributed by atoms with van der Waals surface area (Å²) in [6, 6.07) is 8.68. The second kappa shape index (κ2) is 6.34. The molecule has 180 valence electrons. The predicted octanol–water partition coefficient (Wildman–Crippen LogP) is 1.08. The molecule has 5 aliphatic heterocycles. The first-order valence-corrected chi connectivity index (χ1v) is 12.5. The SMILES string of the molecule is CC[C@@H]1[C@@H]2C[C@@H]3[C@@H]4N(C)c5ccccc5[C@]45C[C@@H]([C@@H]2[C@H]5O)N3[C@@H]1c1c(O)n(C)c(=O)n(C)c1=O. The number of aromatic nitrogens is 2. The number of aliphatic hydroxyl groups is 1. The Bertz CT molecular complexity index is 1350. The lowest BCUT2D eigenvalue weighted by Crippen LogP contribution is -2.70. The number of hydrogen-bond donors (Lipinski definition) is 2. The molecule has 10 atom stereocenters. The largest absolute Gasteiger partial charge is 0.494 e. The fourth-order valence-electron chi connectivity index (χ4n) is 9.41. The van der Waals surface area contributed by atoms with E-state index in [1.807, 2.05) is 0 Å². The number of hydrogen-bond acceptors (Lipinski definition) is 6. The summed E-state index contributed by atoms with van der Waals surface area (Å²) in [6.45, 7) is 2.14. The Morgan fingerprint density at radius 3 is 2.56 bits per heavy atom. The molecule has 5 bridgehead atoms. The fourth-order valence-corrected chi connectivity index (χ4v) is 9.41. The first kappa shape index (κ1) is 20.8. The molecule has 2 aromatic rings. The summed E-state index contributed by atoms with van der Waals surface area (Å²) < 4.78 is 2.31. The monoisotopic (exact) mass is 464 g/mol. The van der Waals surface area contributed by atoms with Gasteiger partial charge in [-0.05, 0) is 36.3 Å². The molecule has 5 fully saturated rings. The molecule has 1 aromatic carbocycles. The van der Waals surface area contributed by atoms with E-state index in [4.69, 9.17) is 0 Å². The summed E-state index contributed by atoms with van der Waals surface area (Å²) in [5.41, 5.74) is 1.59. The van der Waals surface area contributed by atoms with E-state index in [9.17, 15) is 19.8 Å². The Balaban J connectivity index is 1.47. The summed E-state index contributed by atoms with van der Waals surface area (Å²) in [5.74, 6) is 0.350. The summed E-state index contributed by atoms with van der Waals surface area (Å²) in [6.07, 6.45) is 2.27. The highest BCUT2D eigenvalue weighted by molar-refractivity contribution is 5.67. The molecule has 1 aromatic heterocycles. The minimum Gasteiger partial charge on any atom is -0.494 e. The van der Waals surface area contributed by atoms with Gasteiger partial charge in [0.25, 0.3) is 5.56 Å². The first-order chi connectivity index (χ1) is 16.3. The highest BCUT2D eigenvalue weighted by atomic mass is 16.3. The van der Waals surface area contributed by atoms with Crippen molar-refractivity contribution >= 4 is 5.69 Å². The van der Waals surface area contributed by atoms with Gasteiger partial charge in [0.1, 0.15) is 0 Å². The van der Waals surface area contributed by atoms with E-state index in [0.29, 0.717) is 5.56 Å². The van der Waals surface area contributed by atoms with Crippen LogP contribution in [-0.2, 0) is 19.5 Å². The molecule has 6 aliphatic rings. The maximum Gasteiger partial charge on any atom is 0.333 e. The second-order valence-electron chi connectivity index (χ2n) is 11.3. The van der Waals surface area contributed by atoms with Crippen LogP contribution in [-0.4, -0.2) is 55.5 Å². The number of likely N-dealkylation sites (N-methyl/N-ethyl adjacent to an activating group) is 1.